The lowest BCUT2D eigenvalue weighted by Crippen LogP contribution is -2.04. The molecule has 1 N–H and O–H groups in total. The van der Waals surface area contributed by atoms with Crippen molar-refractivity contribution < 1.29 is 0 Å². The summed E-state index contributed by atoms with van der Waals surface area (Å²) >= 11 is 0. The summed E-state index contributed by atoms with van der Waals surface area (Å²) in [5.74, 6) is 1.73. The first-order valence-electron chi connectivity index (χ1n) is 7.13. The van der Waals surface area contributed by atoms with Gasteiger partial charge in [0, 0.05) is 42.4 Å². The number of hydrogen-bond acceptors (Lipinski definition) is 4. The molecule has 0 saturated carbocycles. The van der Waals surface area contributed by atoms with E-state index in [0.717, 1.165) is 40.3 Å². The lowest BCUT2D eigenvalue weighted by atomic mass is 10.0. The first-order valence-corrected chi connectivity index (χ1v) is 7.13. The fourth-order valence-electron chi connectivity index (χ4n) is 2.55. The molecule has 4 heteroatoms. The summed E-state index contributed by atoms with van der Waals surface area (Å²) < 4.78 is 0. The molecule has 2 aromatic heterocycles. The molecule has 2 heterocycles. The molecule has 4 nitrogen and oxygen atoms in total. The summed E-state index contributed by atoms with van der Waals surface area (Å²) in [6, 6.07) is 8.27. The molecule has 0 aliphatic heterocycles. The van der Waals surface area contributed by atoms with E-state index in [9.17, 15) is 0 Å². The van der Waals surface area contributed by atoms with E-state index in [4.69, 9.17) is 4.98 Å². The number of pyridine rings is 1. The first-order chi connectivity index (χ1) is 10.2. The number of anilines is 1. The molecule has 0 spiro atoms. The van der Waals surface area contributed by atoms with Crippen LogP contribution in [0.5, 0.6) is 0 Å². The largest absolute Gasteiger partial charge is 0.373 e. The summed E-state index contributed by atoms with van der Waals surface area (Å²) in [5, 5.41) is 5.45. The van der Waals surface area contributed by atoms with E-state index in [1.54, 1.807) is 0 Å². The van der Waals surface area contributed by atoms with Crippen molar-refractivity contribution >= 4 is 16.6 Å². The van der Waals surface area contributed by atoms with Gasteiger partial charge in [0.15, 0.2) is 0 Å². The molecule has 21 heavy (non-hydrogen) atoms. The van der Waals surface area contributed by atoms with Crippen molar-refractivity contribution in [3.63, 3.8) is 0 Å². The average molecular weight is 278 g/mol. The normalized spacial score (nSPS) is 10.8. The molecule has 0 bridgehead atoms. The Balaban J connectivity index is 2.32. The topological polar surface area (TPSA) is 50.7 Å². The number of nitrogens with one attached hydrogen (secondary N) is 1. The zero-order valence-electron chi connectivity index (χ0n) is 12.5. The molecular formula is C17H18N4. The summed E-state index contributed by atoms with van der Waals surface area (Å²) in [5.41, 5.74) is 3.14. The van der Waals surface area contributed by atoms with Gasteiger partial charge in [0.25, 0.3) is 0 Å². The number of fused-ring (bicyclic) bond motifs is 1. The van der Waals surface area contributed by atoms with Gasteiger partial charge in [-0.3, -0.25) is 4.98 Å². The molecule has 1 aromatic carbocycles. The van der Waals surface area contributed by atoms with Gasteiger partial charge in [-0.25, -0.2) is 9.97 Å². The molecule has 0 amide bonds. The fraction of sp³-hybridized carbons (Fsp3) is 0.235. The van der Waals surface area contributed by atoms with Crippen LogP contribution in [-0.4, -0.2) is 22.0 Å². The summed E-state index contributed by atoms with van der Waals surface area (Å²) in [4.78, 5) is 13.5. The fourth-order valence-corrected chi connectivity index (χ4v) is 2.55. The predicted octanol–water partition coefficient (Wildman–Crippen LogP) is 3.60. The second kappa shape index (κ2) is 5.48. The summed E-state index contributed by atoms with van der Waals surface area (Å²) in [6.45, 7) is 4.12. The Labute approximate surface area is 124 Å². The van der Waals surface area contributed by atoms with Crippen LogP contribution in [-0.2, 0) is 6.42 Å². The third-order valence-electron chi connectivity index (χ3n) is 3.68. The molecule has 0 unspecified atom stereocenters. The highest BCUT2D eigenvalue weighted by molar-refractivity contribution is 5.96. The first kappa shape index (κ1) is 13.5. The zero-order chi connectivity index (χ0) is 14.8. The summed E-state index contributed by atoms with van der Waals surface area (Å²) in [7, 11) is 1.89. The number of aromatic nitrogens is 3. The predicted molar refractivity (Wildman–Crippen MR) is 86.4 cm³/mol. The average Bonchev–Trinajstić information content (AvgIpc) is 2.54. The molecule has 0 atom stereocenters. The quantitative estimate of drug-likeness (QED) is 0.795. The highest BCUT2D eigenvalue weighted by atomic mass is 15.0. The second-order valence-corrected chi connectivity index (χ2v) is 4.97. The molecule has 106 valence electrons. The van der Waals surface area contributed by atoms with Crippen LogP contribution >= 0.6 is 0 Å². The lowest BCUT2D eigenvalue weighted by Gasteiger charge is -2.13. The number of nitrogens with zero attached hydrogens (tertiary/aromatic N) is 3. The van der Waals surface area contributed by atoms with E-state index in [-0.39, 0.29) is 0 Å². The van der Waals surface area contributed by atoms with Gasteiger partial charge in [-0.15, -0.1) is 0 Å². The number of benzene rings is 1. The Morgan fingerprint density at radius 3 is 2.76 bits per heavy atom. The van der Waals surface area contributed by atoms with Crippen molar-refractivity contribution in [2.75, 3.05) is 12.4 Å². The minimum absolute atomic E-state index is 0.810. The van der Waals surface area contributed by atoms with Crippen LogP contribution in [0, 0.1) is 6.92 Å². The molecular weight excluding hydrogens is 260 g/mol. The van der Waals surface area contributed by atoms with Crippen LogP contribution in [0.1, 0.15) is 18.3 Å². The maximum Gasteiger partial charge on any atom is 0.132 e. The highest BCUT2D eigenvalue weighted by Gasteiger charge is 2.13. The van der Waals surface area contributed by atoms with Crippen LogP contribution in [0.25, 0.3) is 22.0 Å². The van der Waals surface area contributed by atoms with Gasteiger partial charge in [0.1, 0.15) is 11.6 Å². The van der Waals surface area contributed by atoms with Gasteiger partial charge in [0.2, 0.25) is 0 Å². The number of hydrogen-bond donors (Lipinski definition) is 1. The maximum absolute atomic E-state index is 4.74. The molecule has 0 fully saturated rings. The summed E-state index contributed by atoms with van der Waals surface area (Å²) in [6.07, 6.45) is 4.53. The van der Waals surface area contributed by atoms with Gasteiger partial charge in [0.05, 0.1) is 5.69 Å². The van der Waals surface area contributed by atoms with E-state index in [1.165, 1.54) is 5.39 Å². The van der Waals surface area contributed by atoms with Crippen molar-refractivity contribution in [2.45, 2.75) is 20.3 Å². The van der Waals surface area contributed by atoms with Crippen molar-refractivity contribution in [2.24, 2.45) is 0 Å². The van der Waals surface area contributed by atoms with E-state index in [2.05, 4.69) is 47.3 Å². The van der Waals surface area contributed by atoms with Crippen molar-refractivity contribution in [1.29, 1.82) is 0 Å². The van der Waals surface area contributed by atoms with Crippen LogP contribution in [0.3, 0.4) is 0 Å². The monoisotopic (exact) mass is 278 g/mol. The minimum atomic E-state index is 0.810. The Kier molecular flexibility index (Phi) is 3.52. The maximum atomic E-state index is 4.74. The zero-order valence-corrected chi connectivity index (χ0v) is 12.5. The third kappa shape index (κ3) is 2.33. The number of aryl methyl sites for hydroxylation is 1. The van der Waals surface area contributed by atoms with E-state index < -0.39 is 0 Å². The van der Waals surface area contributed by atoms with Crippen molar-refractivity contribution in [1.82, 2.24) is 15.0 Å². The molecule has 0 aliphatic carbocycles. The molecule has 0 saturated heterocycles. The van der Waals surface area contributed by atoms with Gasteiger partial charge in [-0.05, 0) is 18.4 Å². The van der Waals surface area contributed by atoms with E-state index in [0.29, 0.717) is 0 Å². The van der Waals surface area contributed by atoms with Crippen LogP contribution < -0.4 is 5.32 Å². The van der Waals surface area contributed by atoms with Gasteiger partial charge in [-0.1, -0.05) is 25.1 Å². The van der Waals surface area contributed by atoms with Crippen molar-refractivity contribution in [3.05, 3.63) is 48.0 Å². The number of rotatable bonds is 3. The van der Waals surface area contributed by atoms with Gasteiger partial charge in [-0.2, -0.15) is 0 Å². The Morgan fingerprint density at radius 1 is 1.14 bits per heavy atom. The van der Waals surface area contributed by atoms with Gasteiger partial charge < -0.3 is 5.32 Å². The molecule has 3 aromatic rings. The second-order valence-electron chi connectivity index (χ2n) is 4.97. The Bertz CT molecular complexity index is 791. The molecule has 0 radical (unpaired) electrons. The SMILES string of the molecule is CCc1nc(NC)c(C)c(-c2cccc3ccncc23)n1. The van der Waals surface area contributed by atoms with Crippen LogP contribution in [0.2, 0.25) is 0 Å². The van der Waals surface area contributed by atoms with Crippen LogP contribution in [0.15, 0.2) is 36.7 Å². The Morgan fingerprint density at radius 2 is 2.00 bits per heavy atom. The standard InChI is InChI=1S/C17H18N4/c1-4-15-20-16(11(2)17(18-3)21-15)13-7-5-6-12-8-9-19-10-14(12)13/h5-10H,4H2,1-3H3,(H,18,20,21). The smallest absolute Gasteiger partial charge is 0.132 e. The minimum Gasteiger partial charge on any atom is -0.373 e. The van der Waals surface area contributed by atoms with E-state index >= 15 is 0 Å². The highest BCUT2D eigenvalue weighted by Crippen LogP contribution is 2.31. The lowest BCUT2D eigenvalue weighted by molar-refractivity contribution is 0.936. The van der Waals surface area contributed by atoms with Gasteiger partial charge >= 0.3 is 0 Å². The van der Waals surface area contributed by atoms with Crippen molar-refractivity contribution in [3.8, 4) is 11.3 Å². The van der Waals surface area contributed by atoms with Crippen LogP contribution in [0.4, 0.5) is 5.82 Å². The Hall–Kier alpha value is -2.49. The molecule has 0 aliphatic rings. The van der Waals surface area contributed by atoms with E-state index in [1.807, 2.05) is 25.5 Å². The third-order valence-corrected chi connectivity index (χ3v) is 3.68. The molecule has 3 rings (SSSR count).